The highest BCUT2D eigenvalue weighted by molar-refractivity contribution is 5.75. The Morgan fingerprint density at radius 1 is 1.47 bits per heavy atom. The van der Waals surface area contributed by atoms with Crippen LogP contribution in [0.3, 0.4) is 0 Å². The van der Waals surface area contributed by atoms with Gasteiger partial charge in [0.1, 0.15) is 0 Å². The van der Waals surface area contributed by atoms with E-state index in [9.17, 15) is 9.90 Å². The van der Waals surface area contributed by atoms with E-state index >= 15 is 0 Å². The van der Waals surface area contributed by atoms with Crippen LogP contribution < -0.4 is 11.1 Å². The van der Waals surface area contributed by atoms with E-state index in [0.717, 1.165) is 45.3 Å². The van der Waals surface area contributed by atoms with Crippen LogP contribution in [0.15, 0.2) is 0 Å². The van der Waals surface area contributed by atoms with Gasteiger partial charge in [0, 0.05) is 19.1 Å². The van der Waals surface area contributed by atoms with Crippen LogP contribution >= 0.6 is 0 Å². The van der Waals surface area contributed by atoms with Crippen molar-refractivity contribution in [3.63, 3.8) is 0 Å². The number of nitrogens with two attached hydrogens (primary N) is 1. The molecule has 0 spiro atoms. The largest absolute Gasteiger partial charge is 0.393 e. The summed E-state index contributed by atoms with van der Waals surface area (Å²) in [5.74, 6) is 0.170. The summed E-state index contributed by atoms with van der Waals surface area (Å²) < 4.78 is 0. The van der Waals surface area contributed by atoms with E-state index in [1.807, 2.05) is 6.92 Å². The lowest BCUT2D eigenvalue weighted by molar-refractivity contribution is -0.119. The molecule has 1 fully saturated rings. The van der Waals surface area contributed by atoms with Gasteiger partial charge in [-0.2, -0.15) is 0 Å². The normalized spacial score (nSPS) is 26.3. The molecule has 19 heavy (non-hydrogen) atoms. The Kier molecular flexibility index (Phi) is 7.34. The zero-order valence-corrected chi connectivity index (χ0v) is 12.3. The van der Waals surface area contributed by atoms with Crippen LogP contribution in [0.5, 0.6) is 0 Å². The van der Waals surface area contributed by atoms with Gasteiger partial charge in [-0.3, -0.25) is 9.69 Å². The molecular weight excluding hydrogens is 242 g/mol. The van der Waals surface area contributed by atoms with Gasteiger partial charge in [-0.15, -0.1) is 0 Å². The third kappa shape index (κ3) is 6.36. The molecule has 5 heteroatoms. The number of nitrogens with one attached hydrogen (secondary N) is 1. The summed E-state index contributed by atoms with van der Waals surface area (Å²) in [4.78, 5) is 13.2. The predicted octanol–water partition coefficient (Wildman–Crippen LogP) is 0.323. The minimum Gasteiger partial charge on any atom is -0.393 e. The summed E-state index contributed by atoms with van der Waals surface area (Å²) in [6.07, 6.45) is 3.56. The zero-order chi connectivity index (χ0) is 14.3. The number of carbonyl (C=O) groups excluding carboxylic acids is 1. The van der Waals surface area contributed by atoms with Crippen LogP contribution in [-0.2, 0) is 4.79 Å². The fourth-order valence-electron chi connectivity index (χ4n) is 2.87. The standard InChI is InChI=1S/C14H29N3O2/c1-3-5-16-12-6-11(7-13(18)4-2)8-17(9-12)10-14(15)19/h11-13,16,18H,3-10H2,1-2H3,(H2,15,19). The molecule has 0 radical (unpaired) electrons. The van der Waals surface area contributed by atoms with Crippen LogP contribution in [0.2, 0.25) is 0 Å². The summed E-state index contributed by atoms with van der Waals surface area (Å²) in [6.45, 7) is 7.21. The molecule has 112 valence electrons. The number of rotatable bonds is 8. The minimum absolute atomic E-state index is 0.231. The molecule has 1 aliphatic rings. The average Bonchev–Trinajstić information content (AvgIpc) is 2.35. The molecule has 3 unspecified atom stereocenters. The first kappa shape index (κ1) is 16.4. The van der Waals surface area contributed by atoms with Crippen molar-refractivity contribution < 1.29 is 9.90 Å². The minimum atomic E-state index is -0.272. The molecule has 1 heterocycles. The monoisotopic (exact) mass is 271 g/mol. The lowest BCUT2D eigenvalue weighted by atomic mass is 9.89. The summed E-state index contributed by atoms with van der Waals surface area (Å²) in [7, 11) is 0. The third-order valence-corrected chi connectivity index (χ3v) is 3.75. The number of aliphatic hydroxyl groups is 1. The first-order valence-electron chi connectivity index (χ1n) is 7.47. The Labute approximate surface area is 116 Å². The van der Waals surface area contributed by atoms with E-state index in [2.05, 4.69) is 17.1 Å². The maximum Gasteiger partial charge on any atom is 0.231 e. The fourth-order valence-corrected chi connectivity index (χ4v) is 2.87. The molecule has 1 aliphatic heterocycles. The lowest BCUT2D eigenvalue weighted by Crippen LogP contribution is -2.51. The fraction of sp³-hybridized carbons (Fsp3) is 0.929. The third-order valence-electron chi connectivity index (χ3n) is 3.75. The highest BCUT2D eigenvalue weighted by Crippen LogP contribution is 2.22. The van der Waals surface area contributed by atoms with E-state index in [4.69, 9.17) is 5.73 Å². The van der Waals surface area contributed by atoms with E-state index in [1.165, 1.54) is 0 Å². The summed E-state index contributed by atoms with van der Waals surface area (Å²) in [5, 5.41) is 13.3. The second kappa shape index (κ2) is 8.51. The van der Waals surface area contributed by atoms with Crippen molar-refractivity contribution in [3.05, 3.63) is 0 Å². The van der Waals surface area contributed by atoms with E-state index < -0.39 is 0 Å². The second-order valence-corrected chi connectivity index (χ2v) is 5.71. The maximum atomic E-state index is 11.1. The first-order valence-corrected chi connectivity index (χ1v) is 7.47. The number of hydrogen-bond donors (Lipinski definition) is 3. The molecule has 0 aliphatic carbocycles. The van der Waals surface area contributed by atoms with E-state index in [0.29, 0.717) is 18.5 Å². The van der Waals surface area contributed by atoms with Gasteiger partial charge in [-0.25, -0.2) is 0 Å². The van der Waals surface area contributed by atoms with Crippen molar-refractivity contribution in [2.24, 2.45) is 11.7 Å². The van der Waals surface area contributed by atoms with Crippen molar-refractivity contribution >= 4 is 5.91 Å². The van der Waals surface area contributed by atoms with Gasteiger partial charge < -0.3 is 16.2 Å². The summed E-state index contributed by atoms with van der Waals surface area (Å²) in [6, 6.07) is 0.405. The number of amides is 1. The predicted molar refractivity (Wildman–Crippen MR) is 76.7 cm³/mol. The van der Waals surface area contributed by atoms with Crippen molar-refractivity contribution in [2.45, 2.75) is 51.7 Å². The second-order valence-electron chi connectivity index (χ2n) is 5.71. The molecule has 3 atom stereocenters. The van der Waals surface area contributed by atoms with Crippen molar-refractivity contribution in [2.75, 3.05) is 26.2 Å². The topological polar surface area (TPSA) is 78.6 Å². The van der Waals surface area contributed by atoms with Crippen molar-refractivity contribution in [1.82, 2.24) is 10.2 Å². The first-order chi connectivity index (χ1) is 9.05. The SMILES string of the molecule is CCCNC1CC(CC(O)CC)CN(CC(N)=O)C1. The Morgan fingerprint density at radius 2 is 2.21 bits per heavy atom. The number of primary amides is 1. The molecule has 0 aromatic heterocycles. The van der Waals surface area contributed by atoms with Gasteiger partial charge in [0.15, 0.2) is 0 Å². The molecule has 0 bridgehead atoms. The van der Waals surface area contributed by atoms with Gasteiger partial charge in [0.05, 0.1) is 12.6 Å². The number of carbonyl (C=O) groups is 1. The molecule has 5 nitrogen and oxygen atoms in total. The summed E-state index contributed by atoms with van der Waals surface area (Å²) in [5.41, 5.74) is 5.29. The van der Waals surface area contributed by atoms with Gasteiger partial charge in [0.2, 0.25) is 5.91 Å². The average molecular weight is 271 g/mol. The highest BCUT2D eigenvalue weighted by atomic mass is 16.3. The summed E-state index contributed by atoms with van der Waals surface area (Å²) >= 11 is 0. The van der Waals surface area contributed by atoms with Crippen molar-refractivity contribution in [1.29, 1.82) is 0 Å². The van der Waals surface area contributed by atoms with Gasteiger partial charge in [0.25, 0.3) is 0 Å². The molecular formula is C14H29N3O2. The van der Waals surface area contributed by atoms with Crippen LogP contribution in [0, 0.1) is 5.92 Å². The molecule has 4 N–H and O–H groups in total. The van der Waals surface area contributed by atoms with Gasteiger partial charge in [-0.05, 0) is 38.1 Å². The number of nitrogens with zero attached hydrogens (tertiary/aromatic N) is 1. The molecule has 0 saturated carbocycles. The Bertz CT molecular complexity index is 273. The van der Waals surface area contributed by atoms with Crippen LogP contribution in [-0.4, -0.2) is 54.2 Å². The lowest BCUT2D eigenvalue weighted by Gasteiger charge is -2.38. The molecule has 1 amide bonds. The Balaban J connectivity index is 2.52. The van der Waals surface area contributed by atoms with Crippen LogP contribution in [0.1, 0.15) is 39.5 Å². The highest BCUT2D eigenvalue weighted by Gasteiger charge is 2.28. The molecule has 0 aromatic carbocycles. The van der Waals surface area contributed by atoms with Gasteiger partial charge >= 0.3 is 0 Å². The van der Waals surface area contributed by atoms with E-state index in [1.54, 1.807) is 0 Å². The van der Waals surface area contributed by atoms with E-state index in [-0.39, 0.29) is 12.0 Å². The smallest absolute Gasteiger partial charge is 0.231 e. The zero-order valence-electron chi connectivity index (χ0n) is 12.3. The quantitative estimate of drug-likeness (QED) is 0.594. The molecule has 0 aromatic rings. The number of hydrogen-bond acceptors (Lipinski definition) is 4. The molecule has 1 rings (SSSR count). The Hall–Kier alpha value is -0.650. The Morgan fingerprint density at radius 3 is 2.79 bits per heavy atom. The van der Waals surface area contributed by atoms with Gasteiger partial charge in [-0.1, -0.05) is 13.8 Å². The van der Waals surface area contributed by atoms with Crippen molar-refractivity contribution in [3.8, 4) is 0 Å². The molecule has 1 saturated heterocycles. The number of piperidine rings is 1. The van der Waals surface area contributed by atoms with Crippen LogP contribution in [0.4, 0.5) is 0 Å². The number of likely N-dealkylation sites (tertiary alicyclic amines) is 1. The number of aliphatic hydroxyl groups excluding tert-OH is 1. The maximum absolute atomic E-state index is 11.1. The van der Waals surface area contributed by atoms with Crippen LogP contribution in [0.25, 0.3) is 0 Å².